The predicted octanol–water partition coefficient (Wildman–Crippen LogP) is 13.2. The zero-order valence-corrected chi connectivity index (χ0v) is 38.9. The SMILES string of the molecule is CC(C)c1cccc(C(C)C)c1-n1ccnc1-n1c2ccccc2c2ccc([Se]c3ccc4c5ccccc5n5c(-c6c(-c7ccccc7)cccc6-c6ccccc6)nnc5c4c3)cc21. The third-order valence-corrected chi connectivity index (χ3v) is 15.1. The van der Waals surface area contributed by atoms with E-state index in [9.17, 15) is 0 Å². The van der Waals surface area contributed by atoms with Gasteiger partial charge in [0.05, 0.1) is 0 Å². The van der Waals surface area contributed by atoms with Crippen molar-refractivity contribution in [1.82, 2.24) is 28.7 Å². The molecule has 12 aromatic rings. The van der Waals surface area contributed by atoms with Gasteiger partial charge < -0.3 is 0 Å². The molecule has 0 saturated heterocycles. The molecule has 318 valence electrons. The van der Waals surface area contributed by atoms with Crippen LogP contribution in [-0.4, -0.2) is 43.7 Å². The maximum absolute atomic E-state index is 5.12. The minimum absolute atomic E-state index is 0.0278. The van der Waals surface area contributed by atoms with Crippen LogP contribution in [0.4, 0.5) is 0 Å². The van der Waals surface area contributed by atoms with Gasteiger partial charge in [0.1, 0.15) is 0 Å². The van der Waals surface area contributed by atoms with Crippen molar-refractivity contribution in [3.63, 3.8) is 0 Å². The fourth-order valence-corrected chi connectivity index (χ4v) is 11.9. The summed E-state index contributed by atoms with van der Waals surface area (Å²) in [5, 5.41) is 16.0. The van der Waals surface area contributed by atoms with E-state index in [1.807, 2.05) is 6.20 Å². The summed E-state index contributed by atoms with van der Waals surface area (Å²) in [5.74, 6) is 2.42. The molecule has 0 atom stereocenters. The summed E-state index contributed by atoms with van der Waals surface area (Å²) in [6.45, 7) is 9.12. The minimum atomic E-state index is -0.0278. The first-order valence-corrected chi connectivity index (χ1v) is 24.5. The number of imidazole rings is 1. The Balaban J connectivity index is 1.03. The van der Waals surface area contributed by atoms with Crippen LogP contribution in [0.2, 0.25) is 0 Å². The Labute approximate surface area is 390 Å². The first kappa shape index (κ1) is 40.0. The van der Waals surface area contributed by atoms with E-state index in [0.29, 0.717) is 11.8 Å². The van der Waals surface area contributed by atoms with Gasteiger partial charge in [0.15, 0.2) is 0 Å². The molecule has 0 spiro atoms. The van der Waals surface area contributed by atoms with Gasteiger partial charge in [-0.3, -0.25) is 0 Å². The second kappa shape index (κ2) is 16.1. The normalized spacial score (nSPS) is 12.0. The van der Waals surface area contributed by atoms with Gasteiger partial charge in [-0.1, -0.05) is 0 Å². The zero-order chi connectivity index (χ0) is 44.5. The summed E-state index contributed by atoms with van der Waals surface area (Å²) in [7, 11) is 0. The molecule has 0 unspecified atom stereocenters. The summed E-state index contributed by atoms with van der Waals surface area (Å²) < 4.78 is 9.53. The Kier molecular flexibility index (Phi) is 9.78. The van der Waals surface area contributed by atoms with Crippen molar-refractivity contribution < 1.29 is 0 Å². The van der Waals surface area contributed by atoms with E-state index in [1.54, 1.807) is 0 Å². The Hall–Kier alpha value is -7.57. The Morgan fingerprint density at radius 2 is 1.03 bits per heavy atom. The molecule has 0 N–H and O–H groups in total. The first-order chi connectivity index (χ1) is 32.4. The monoisotopic (exact) mass is 918 g/mol. The third kappa shape index (κ3) is 6.49. The summed E-state index contributed by atoms with van der Waals surface area (Å²) in [5.41, 5.74) is 13.7. The van der Waals surface area contributed by atoms with Gasteiger partial charge >= 0.3 is 392 Å². The molecule has 0 bridgehead atoms. The predicted molar refractivity (Wildman–Crippen MR) is 275 cm³/mol. The zero-order valence-electron chi connectivity index (χ0n) is 37.2. The molecule has 0 aliphatic rings. The number of aromatic nitrogens is 6. The fourth-order valence-electron chi connectivity index (χ4n) is 10.1. The second-order valence-electron chi connectivity index (χ2n) is 17.7. The van der Waals surface area contributed by atoms with E-state index < -0.39 is 0 Å². The second-order valence-corrected chi connectivity index (χ2v) is 20.1. The number of benzene rings is 8. The van der Waals surface area contributed by atoms with E-state index in [4.69, 9.17) is 15.2 Å². The molecule has 8 aromatic carbocycles. The molecule has 0 aliphatic heterocycles. The van der Waals surface area contributed by atoms with E-state index >= 15 is 0 Å². The number of pyridine rings is 1. The number of hydrogen-bond donors (Lipinski definition) is 0. The van der Waals surface area contributed by atoms with Gasteiger partial charge in [0.2, 0.25) is 0 Å². The molecule has 0 fully saturated rings. The van der Waals surface area contributed by atoms with Gasteiger partial charge in [-0.25, -0.2) is 0 Å². The van der Waals surface area contributed by atoms with Crippen LogP contribution in [0.1, 0.15) is 50.7 Å². The molecule has 6 nitrogen and oxygen atoms in total. The molecule has 0 amide bonds. The van der Waals surface area contributed by atoms with Crippen molar-refractivity contribution in [2.45, 2.75) is 39.5 Å². The van der Waals surface area contributed by atoms with Crippen molar-refractivity contribution in [3.05, 3.63) is 206 Å². The van der Waals surface area contributed by atoms with Gasteiger partial charge in [-0.05, 0) is 0 Å². The summed E-state index contributed by atoms with van der Waals surface area (Å²) in [6, 6.07) is 66.0. The Morgan fingerprint density at radius 3 is 1.70 bits per heavy atom. The van der Waals surface area contributed by atoms with Gasteiger partial charge in [-0.15, -0.1) is 0 Å². The topological polar surface area (TPSA) is 52.9 Å². The van der Waals surface area contributed by atoms with Gasteiger partial charge in [0.25, 0.3) is 0 Å². The molecule has 0 saturated carbocycles. The summed E-state index contributed by atoms with van der Waals surface area (Å²) in [4.78, 5) is 5.12. The molecule has 66 heavy (non-hydrogen) atoms. The van der Waals surface area contributed by atoms with Crippen LogP contribution in [0.5, 0.6) is 0 Å². The van der Waals surface area contributed by atoms with Crippen LogP contribution >= 0.6 is 0 Å². The molecule has 0 radical (unpaired) electrons. The Morgan fingerprint density at radius 1 is 0.470 bits per heavy atom. The van der Waals surface area contributed by atoms with Gasteiger partial charge in [0, 0.05) is 0 Å². The molecular formula is C59H46N6Se. The maximum atomic E-state index is 5.12. The van der Waals surface area contributed by atoms with Crippen LogP contribution in [0.15, 0.2) is 194 Å². The quantitative estimate of drug-likeness (QED) is 0.107. The van der Waals surface area contributed by atoms with Crippen molar-refractivity contribution >= 4 is 73.0 Å². The number of rotatable bonds is 9. The summed E-state index contributed by atoms with van der Waals surface area (Å²) >= 11 is -0.0278. The Bertz CT molecular complexity index is 3720. The van der Waals surface area contributed by atoms with Crippen molar-refractivity contribution in [2.75, 3.05) is 0 Å². The number of para-hydroxylation sites is 3. The third-order valence-electron chi connectivity index (χ3n) is 13.1. The average Bonchev–Trinajstić information content (AvgIpc) is 4.10. The van der Waals surface area contributed by atoms with Crippen molar-refractivity contribution in [2.24, 2.45) is 0 Å². The van der Waals surface area contributed by atoms with Crippen LogP contribution in [0.25, 0.3) is 94.4 Å². The number of nitrogens with zero attached hydrogens (tertiary/aromatic N) is 6. The van der Waals surface area contributed by atoms with Crippen LogP contribution in [0.3, 0.4) is 0 Å². The van der Waals surface area contributed by atoms with Gasteiger partial charge in [-0.2, -0.15) is 0 Å². The number of fused-ring (bicyclic) bond motifs is 9. The van der Waals surface area contributed by atoms with Crippen LogP contribution in [-0.2, 0) is 0 Å². The van der Waals surface area contributed by atoms with E-state index in [-0.39, 0.29) is 15.0 Å². The molecular weight excluding hydrogens is 872 g/mol. The number of hydrogen-bond acceptors (Lipinski definition) is 3. The fraction of sp³-hybridized carbons (Fsp3) is 0.102. The van der Waals surface area contributed by atoms with Crippen molar-refractivity contribution in [3.8, 4) is 45.3 Å². The average molecular weight is 918 g/mol. The molecule has 12 rings (SSSR count). The van der Waals surface area contributed by atoms with Crippen LogP contribution in [0, 0.1) is 0 Å². The van der Waals surface area contributed by atoms with Crippen molar-refractivity contribution in [1.29, 1.82) is 0 Å². The van der Waals surface area contributed by atoms with E-state index in [2.05, 4.69) is 229 Å². The molecule has 7 heteroatoms. The summed E-state index contributed by atoms with van der Waals surface area (Å²) in [6.07, 6.45) is 4.08. The van der Waals surface area contributed by atoms with Crippen LogP contribution < -0.4 is 8.92 Å². The molecule has 4 aromatic heterocycles. The van der Waals surface area contributed by atoms with E-state index in [1.165, 1.54) is 47.3 Å². The first-order valence-electron chi connectivity index (χ1n) is 22.7. The molecule has 0 aliphatic carbocycles. The standard InChI is InChI=1S/C59H46N6Se/c1-37(2)43-23-15-24-44(38(3)4)56(43)63-34-33-60-59(63)64-52-27-13-12-22-49(52)50-32-30-42(36-54(50)64)66-41-29-31-47-48-21-11-14-28-53(48)65-57(51(47)35-41)61-62-58(65)55-45(39-17-7-5-8-18-39)25-16-26-46(55)40-19-9-6-10-20-40/h5-38H,1-4H3. The van der Waals surface area contributed by atoms with E-state index in [0.717, 1.165) is 67.2 Å². The molecule has 4 heterocycles.